The van der Waals surface area contributed by atoms with Gasteiger partial charge in [0.15, 0.2) is 11.5 Å². The van der Waals surface area contributed by atoms with E-state index in [1.807, 2.05) is 0 Å². The maximum absolute atomic E-state index is 13.1. The van der Waals surface area contributed by atoms with Crippen molar-refractivity contribution in [3.05, 3.63) is 52.3 Å². The van der Waals surface area contributed by atoms with E-state index in [1.54, 1.807) is 13.0 Å². The molecule has 3 aromatic rings. The highest BCUT2D eigenvalue weighted by Gasteiger charge is 2.22. The van der Waals surface area contributed by atoms with Gasteiger partial charge in [-0.25, -0.2) is 0 Å². The Morgan fingerprint density at radius 2 is 1.31 bits per heavy atom. The van der Waals surface area contributed by atoms with Gasteiger partial charge in [0.1, 0.15) is 31.9 Å². The maximum atomic E-state index is 13.1. The summed E-state index contributed by atoms with van der Waals surface area (Å²) in [5.41, 5.74) is 0.237. The molecule has 206 valence electrons. The number of methoxy groups -OCH3 is 1. The third kappa shape index (κ3) is 7.15. The lowest BCUT2D eigenvalue weighted by atomic mass is 10.1. The Hall–Kier alpha value is -5.27. The van der Waals surface area contributed by atoms with Gasteiger partial charge in [-0.15, -0.1) is 0 Å². The average molecular weight is 543 g/mol. The third-order valence-corrected chi connectivity index (χ3v) is 5.43. The lowest BCUT2D eigenvalue weighted by Gasteiger charge is -2.24. The molecule has 0 aliphatic rings. The number of carboxylic acids is 4. The second kappa shape index (κ2) is 11.9. The summed E-state index contributed by atoms with van der Waals surface area (Å²) in [6, 6.07) is 8.83. The van der Waals surface area contributed by atoms with Gasteiger partial charge in [0.05, 0.1) is 24.0 Å². The molecule has 0 saturated carbocycles. The molecule has 0 saturated heterocycles. The Labute approximate surface area is 220 Å². The molecule has 39 heavy (non-hydrogen) atoms. The van der Waals surface area contributed by atoms with Crippen LogP contribution in [0.3, 0.4) is 0 Å². The summed E-state index contributed by atoms with van der Waals surface area (Å²) in [7, 11) is 1.35. The van der Waals surface area contributed by atoms with Crippen LogP contribution < -0.4 is 24.8 Å². The molecule has 2 aromatic carbocycles. The van der Waals surface area contributed by atoms with Gasteiger partial charge in [0, 0.05) is 11.5 Å². The summed E-state index contributed by atoms with van der Waals surface area (Å²) < 4.78 is 11.1. The molecule has 0 aliphatic carbocycles. The van der Waals surface area contributed by atoms with Gasteiger partial charge in [0.2, 0.25) is 0 Å². The van der Waals surface area contributed by atoms with Crippen LogP contribution in [0.5, 0.6) is 17.2 Å². The van der Waals surface area contributed by atoms with Gasteiger partial charge in [-0.05, 0) is 36.8 Å². The number of benzene rings is 2. The zero-order valence-electron chi connectivity index (χ0n) is 20.8. The van der Waals surface area contributed by atoms with Crippen LogP contribution in [0.15, 0.2) is 41.2 Å². The van der Waals surface area contributed by atoms with Gasteiger partial charge in [-0.1, -0.05) is 6.07 Å². The first-order valence-corrected chi connectivity index (χ1v) is 11.3. The number of H-pyrrole nitrogens is 1. The lowest BCUT2D eigenvalue weighted by molar-refractivity contribution is -0.138. The average Bonchev–Trinajstić information content (AvgIpc) is 2.82. The quantitative estimate of drug-likeness (QED) is 0.208. The van der Waals surface area contributed by atoms with E-state index in [0.29, 0.717) is 10.9 Å². The predicted molar refractivity (Wildman–Crippen MR) is 137 cm³/mol. The topological polar surface area (TPSA) is 207 Å². The number of carbonyl (C=O) groups is 4. The first kappa shape index (κ1) is 28.3. The van der Waals surface area contributed by atoms with Crippen molar-refractivity contribution in [2.45, 2.75) is 6.92 Å². The molecule has 5 N–H and O–H groups in total. The fourth-order valence-corrected chi connectivity index (χ4v) is 3.89. The molecule has 0 unspecified atom stereocenters. The molecule has 0 fully saturated rings. The number of aliphatic carboxylic acids is 4. The molecular formula is C25H25N3O11. The normalized spacial score (nSPS) is 10.6. The molecular weight excluding hydrogens is 518 g/mol. The maximum Gasteiger partial charge on any atom is 0.323 e. The Bertz CT molecular complexity index is 1470. The number of aryl methyl sites for hydroxylation is 1. The van der Waals surface area contributed by atoms with Crippen molar-refractivity contribution < 1.29 is 49.1 Å². The van der Waals surface area contributed by atoms with Crippen molar-refractivity contribution in [1.29, 1.82) is 0 Å². The first-order valence-electron chi connectivity index (χ1n) is 11.3. The van der Waals surface area contributed by atoms with E-state index in [-0.39, 0.29) is 34.1 Å². The molecule has 0 spiro atoms. The number of nitrogens with zero attached hydrogens (tertiary/aromatic N) is 2. The van der Waals surface area contributed by atoms with E-state index >= 15 is 0 Å². The van der Waals surface area contributed by atoms with Crippen molar-refractivity contribution in [2.75, 3.05) is 43.1 Å². The first-order chi connectivity index (χ1) is 18.4. The molecule has 0 amide bonds. The fourth-order valence-electron chi connectivity index (χ4n) is 3.89. The van der Waals surface area contributed by atoms with Crippen LogP contribution in [-0.4, -0.2) is 82.6 Å². The van der Waals surface area contributed by atoms with Crippen LogP contribution in [0.25, 0.3) is 10.9 Å². The van der Waals surface area contributed by atoms with Crippen molar-refractivity contribution in [2.24, 2.45) is 0 Å². The van der Waals surface area contributed by atoms with Gasteiger partial charge < -0.3 is 44.7 Å². The number of aromatic amines is 1. The molecule has 1 heterocycles. The lowest BCUT2D eigenvalue weighted by Crippen LogP contribution is -2.35. The molecule has 0 radical (unpaired) electrons. The number of anilines is 2. The van der Waals surface area contributed by atoms with E-state index in [0.717, 1.165) is 9.80 Å². The van der Waals surface area contributed by atoms with Crippen LogP contribution >= 0.6 is 0 Å². The van der Waals surface area contributed by atoms with E-state index in [2.05, 4.69) is 4.98 Å². The zero-order valence-corrected chi connectivity index (χ0v) is 20.8. The number of pyridine rings is 1. The van der Waals surface area contributed by atoms with Gasteiger partial charge in [-0.2, -0.15) is 0 Å². The fraction of sp³-hybridized carbons (Fsp3) is 0.240. The van der Waals surface area contributed by atoms with Gasteiger partial charge in [-0.3, -0.25) is 24.0 Å². The number of rotatable bonds is 13. The molecule has 0 aliphatic heterocycles. The number of hydrogen-bond donors (Lipinski definition) is 5. The zero-order chi connectivity index (χ0) is 28.9. The summed E-state index contributed by atoms with van der Waals surface area (Å²) >= 11 is 0. The Morgan fingerprint density at radius 1 is 0.769 bits per heavy atom. The largest absolute Gasteiger partial charge is 0.497 e. The second-order valence-corrected chi connectivity index (χ2v) is 8.43. The minimum Gasteiger partial charge on any atom is -0.497 e. The van der Waals surface area contributed by atoms with Crippen molar-refractivity contribution >= 4 is 46.2 Å². The van der Waals surface area contributed by atoms with E-state index in [1.165, 1.54) is 37.4 Å². The van der Waals surface area contributed by atoms with Gasteiger partial charge in [0.25, 0.3) is 5.56 Å². The smallest absolute Gasteiger partial charge is 0.323 e. The number of fused-ring (bicyclic) bond motifs is 1. The van der Waals surface area contributed by atoms with E-state index in [4.69, 9.17) is 9.47 Å². The highest BCUT2D eigenvalue weighted by atomic mass is 16.5. The summed E-state index contributed by atoms with van der Waals surface area (Å²) in [4.78, 5) is 63.3. The van der Waals surface area contributed by atoms with Gasteiger partial charge >= 0.3 is 23.9 Å². The van der Waals surface area contributed by atoms with Crippen LogP contribution in [-0.2, 0) is 19.2 Å². The van der Waals surface area contributed by atoms with Crippen molar-refractivity contribution in [3.8, 4) is 17.2 Å². The summed E-state index contributed by atoms with van der Waals surface area (Å²) in [5.74, 6) is -5.15. The number of aromatic nitrogens is 1. The SMILES string of the molecule is COc1cc(N(CC(=O)O)CC(=O)O)c2[nH]c(=O)c(Oc3cc(C)ccc3N(CC(=O)O)CC(=O)O)cc2c1. The number of hydrogen-bond acceptors (Lipinski definition) is 9. The van der Waals surface area contributed by atoms with Crippen molar-refractivity contribution in [1.82, 2.24) is 4.98 Å². The van der Waals surface area contributed by atoms with Crippen LogP contribution in [0.4, 0.5) is 11.4 Å². The minimum atomic E-state index is -1.30. The molecule has 14 nitrogen and oxygen atoms in total. The van der Waals surface area contributed by atoms with Crippen LogP contribution in [0.1, 0.15) is 5.56 Å². The number of nitrogens with one attached hydrogen (secondary N) is 1. The predicted octanol–water partition coefficient (Wildman–Crippen LogP) is 1.59. The van der Waals surface area contributed by atoms with E-state index in [9.17, 15) is 44.4 Å². The Morgan fingerprint density at radius 3 is 1.82 bits per heavy atom. The second-order valence-electron chi connectivity index (χ2n) is 8.43. The summed E-state index contributed by atoms with van der Waals surface area (Å²) in [5, 5.41) is 37.4. The van der Waals surface area contributed by atoms with Crippen LogP contribution in [0, 0.1) is 6.92 Å². The highest BCUT2D eigenvalue weighted by Crippen LogP contribution is 2.35. The Kier molecular flexibility index (Phi) is 8.60. The van der Waals surface area contributed by atoms with Crippen molar-refractivity contribution in [3.63, 3.8) is 0 Å². The molecule has 3 rings (SSSR count). The monoisotopic (exact) mass is 543 g/mol. The van der Waals surface area contributed by atoms with Crippen LogP contribution in [0.2, 0.25) is 0 Å². The minimum absolute atomic E-state index is 0.0175. The standard InChI is InChI=1S/C25H25N3O11/c1-13-3-4-16(27(9-20(29)30)10-21(31)32)18(5-13)39-19-7-14-6-15(38-2)8-17(24(14)26-25(19)37)28(11-22(33)34)12-23(35)36/h3-8H,9-12H2,1-2H3,(H,26,37)(H,29,30)(H,31,32)(H,33,34)(H,35,36). The Balaban J connectivity index is 2.16. The summed E-state index contributed by atoms with van der Waals surface area (Å²) in [6.45, 7) is -0.932. The van der Waals surface area contributed by atoms with E-state index < -0.39 is 55.6 Å². The third-order valence-electron chi connectivity index (χ3n) is 5.43. The number of carboxylic acid groups (broad SMARTS) is 4. The molecule has 0 bridgehead atoms. The molecule has 0 atom stereocenters. The molecule has 14 heteroatoms. The molecule has 1 aromatic heterocycles. The number of ether oxygens (including phenoxy) is 2. The highest BCUT2D eigenvalue weighted by molar-refractivity contribution is 5.95. The summed E-state index contributed by atoms with van der Waals surface area (Å²) in [6.07, 6.45) is 0.